The second-order valence-electron chi connectivity index (χ2n) is 5.73. The fourth-order valence-electron chi connectivity index (χ4n) is 2.33. The average Bonchev–Trinajstić information content (AvgIpc) is 2.90. The van der Waals surface area contributed by atoms with Crippen LogP contribution < -0.4 is 10.5 Å². The van der Waals surface area contributed by atoms with Crippen LogP contribution in [0.25, 0.3) is 5.69 Å². The highest BCUT2D eigenvalue weighted by Crippen LogP contribution is 2.20. The Bertz CT molecular complexity index is 981. The van der Waals surface area contributed by atoms with Gasteiger partial charge in [-0.1, -0.05) is 16.8 Å². The lowest BCUT2D eigenvalue weighted by molar-refractivity contribution is 0.580. The van der Waals surface area contributed by atoms with Gasteiger partial charge in [0.2, 0.25) is 0 Å². The second kappa shape index (κ2) is 6.64. The Morgan fingerprint density at radius 2 is 2.04 bits per heavy atom. The first kappa shape index (κ1) is 17.1. The Hall–Kier alpha value is -2.74. The van der Waals surface area contributed by atoms with Crippen molar-refractivity contribution in [1.29, 1.82) is 0 Å². The fourth-order valence-corrected chi connectivity index (χ4v) is 2.49. The van der Waals surface area contributed by atoms with Gasteiger partial charge in [0.25, 0.3) is 5.56 Å². The van der Waals surface area contributed by atoms with Crippen LogP contribution in [0.5, 0.6) is 0 Å². The molecule has 0 aliphatic heterocycles. The molecule has 0 saturated carbocycles. The highest BCUT2D eigenvalue weighted by molar-refractivity contribution is 6.30. The van der Waals surface area contributed by atoms with E-state index in [0.717, 1.165) is 0 Å². The monoisotopic (exact) mass is 362 g/mol. The summed E-state index contributed by atoms with van der Waals surface area (Å²) < 4.78 is 16.9. The third-order valence-corrected chi connectivity index (χ3v) is 4.00. The van der Waals surface area contributed by atoms with Gasteiger partial charge in [0.1, 0.15) is 11.5 Å². The summed E-state index contributed by atoms with van der Waals surface area (Å²) >= 11 is 5.80. The Labute approximate surface area is 148 Å². The zero-order valence-corrected chi connectivity index (χ0v) is 14.7. The lowest BCUT2D eigenvalue weighted by Gasteiger charge is -2.13. The molecule has 1 aromatic carbocycles. The van der Waals surface area contributed by atoms with E-state index in [2.05, 4.69) is 15.4 Å². The highest BCUT2D eigenvalue weighted by atomic mass is 35.5. The number of nitrogens with zero attached hydrogens (tertiary/aromatic N) is 6. The van der Waals surface area contributed by atoms with Crippen LogP contribution in [-0.2, 0) is 6.54 Å². The molecule has 0 spiro atoms. The summed E-state index contributed by atoms with van der Waals surface area (Å²) in [6.07, 6.45) is 1.59. The van der Waals surface area contributed by atoms with E-state index in [-0.39, 0.29) is 22.8 Å². The molecule has 0 atom stereocenters. The Morgan fingerprint density at radius 1 is 1.28 bits per heavy atom. The van der Waals surface area contributed by atoms with Crippen molar-refractivity contribution in [3.8, 4) is 5.69 Å². The molecule has 0 radical (unpaired) electrons. The molecule has 9 heteroatoms. The zero-order chi connectivity index (χ0) is 18.1. The number of halogens is 2. The van der Waals surface area contributed by atoms with Crippen LogP contribution in [0.4, 0.5) is 10.1 Å². The Balaban J connectivity index is 2.02. The minimum absolute atomic E-state index is 0.118. The topological polar surface area (TPSA) is 68.8 Å². The first-order valence-electron chi connectivity index (χ1n) is 7.48. The third kappa shape index (κ3) is 3.39. The number of anilines is 1. The molecular formula is C16H16ClFN6O. The van der Waals surface area contributed by atoms with E-state index < -0.39 is 5.82 Å². The van der Waals surface area contributed by atoms with Crippen molar-refractivity contribution in [1.82, 2.24) is 24.8 Å². The first-order valence-corrected chi connectivity index (χ1v) is 7.85. The van der Waals surface area contributed by atoms with Gasteiger partial charge in [-0.05, 0) is 25.1 Å². The van der Waals surface area contributed by atoms with E-state index in [0.29, 0.717) is 17.1 Å². The molecule has 7 nitrogen and oxygen atoms in total. The molecular weight excluding hydrogens is 347 g/mol. The normalized spacial score (nSPS) is 10.9. The van der Waals surface area contributed by atoms with E-state index in [9.17, 15) is 9.18 Å². The van der Waals surface area contributed by atoms with Crippen molar-refractivity contribution < 1.29 is 4.39 Å². The highest BCUT2D eigenvalue weighted by Gasteiger charge is 2.16. The third-order valence-electron chi connectivity index (χ3n) is 3.77. The number of hydrogen-bond acceptors (Lipinski definition) is 5. The van der Waals surface area contributed by atoms with Crippen LogP contribution in [0.15, 0.2) is 35.3 Å². The standard InChI is InChI=1S/C16H16ClFN6O/c1-10-15(9-23-16(25)7-12(8-19-23)22(2)3)24(21-20-10)14-5-4-11(17)6-13(14)18/h4-8H,9H2,1-3H3. The summed E-state index contributed by atoms with van der Waals surface area (Å²) in [5.41, 5.74) is 1.79. The van der Waals surface area contributed by atoms with Crippen LogP contribution in [0, 0.1) is 12.7 Å². The molecule has 0 bridgehead atoms. The summed E-state index contributed by atoms with van der Waals surface area (Å²) in [5.74, 6) is -0.526. The molecule has 3 aromatic rings. The SMILES string of the molecule is Cc1nnn(-c2ccc(Cl)cc2F)c1Cn1ncc(N(C)C)cc1=O. The van der Waals surface area contributed by atoms with Crippen molar-refractivity contribution in [2.45, 2.75) is 13.5 Å². The second-order valence-corrected chi connectivity index (χ2v) is 6.17. The van der Waals surface area contributed by atoms with Crippen LogP contribution >= 0.6 is 11.6 Å². The molecule has 0 fully saturated rings. The number of rotatable bonds is 4. The minimum Gasteiger partial charge on any atom is -0.376 e. The van der Waals surface area contributed by atoms with Crippen LogP contribution in [-0.4, -0.2) is 38.9 Å². The number of hydrogen-bond donors (Lipinski definition) is 0. The van der Waals surface area contributed by atoms with Gasteiger partial charge in [0.15, 0.2) is 0 Å². The van der Waals surface area contributed by atoms with Gasteiger partial charge in [0, 0.05) is 25.2 Å². The van der Waals surface area contributed by atoms with Gasteiger partial charge in [-0.25, -0.2) is 13.8 Å². The maximum absolute atomic E-state index is 14.2. The zero-order valence-electron chi connectivity index (χ0n) is 13.9. The molecule has 0 amide bonds. The van der Waals surface area contributed by atoms with Crippen LogP contribution in [0.2, 0.25) is 5.02 Å². The summed E-state index contributed by atoms with van der Waals surface area (Å²) in [5, 5.41) is 12.4. The molecule has 2 heterocycles. The maximum Gasteiger partial charge on any atom is 0.269 e. The molecule has 3 rings (SSSR count). The summed E-state index contributed by atoms with van der Waals surface area (Å²) in [6.45, 7) is 1.86. The lowest BCUT2D eigenvalue weighted by atomic mass is 10.2. The molecule has 0 aliphatic carbocycles. The van der Waals surface area contributed by atoms with E-state index in [1.807, 2.05) is 14.1 Å². The first-order chi connectivity index (χ1) is 11.9. The van der Waals surface area contributed by atoms with E-state index in [4.69, 9.17) is 11.6 Å². The van der Waals surface area contributed by atoms with Gasteiger partial charge < -0.3 is 4.90 Å². The smallest absolute Gasteiger partial charge is 0.269 e. The van der Waals surface area contributed by atoms with E-state index in [1.54, 1.807) is 24.1 Å². The van der Waals surface area contributed by atoms with Crippen molar-refractivity contribution in [3.63, 3.8) is 0 Å². The van der Waals surface area contributed by atoms with Crippen molar-refractivity contribution in [3.05, 3.63) is 63.0 Å². The lowest BCUT2D eigenvalue weighted by Crippen LogP contribution is -2.26. The Kier molecular flexibility index (Phi) is 4.54. The molecule has 2 aromatic heterocycles. The minimum atomic E-state index is -0.526. The van der Waals surface area contributed by atoms with Crippen molar-refractivity contribution in [2.75, 3.05) is 19.0 Å². The van der Waals surface area contributed by atoms with Crippen molar-refractivity contribution >= 4 is 17.3 Å². The van der Waals surface area contributed by atoms with Gasteiger partial charge in [-0.3, -0.25) is 4.79 Å². The molecule has 25 heavy (non-hydrogen) atoms. The average molecular weight is 363 g/mol. The molecule has 0 unspecified atom stereocenters. The van der Waals surface area contributed by atoms with Crippen LogP contribution in [0.1, 0.15) is 11.4 Å². The van der Waals surface area contributed by atoms with Gasteiger partial charge in [-0.15, -0.1) is 5.10 Å². The summed E-state index contributed by atoms with van der Waals surface area (Å²) in [6, 6.07) is 5.77. The summed E-state index contributed by atoms with van der Waals surface area (Å²) in [4.78, 5) is 14.1. The number of aromatic nitrogens is 5. The molecule has 130 valence electrons. The predicted octanol–water partition coefficient (Wildman–Crippen LogP) is 2.04. The van der Waals surface area contributed by atoms with Crippen molar-refractivity contribution in [2.24, 2.45) is 0 Å². The fraction of sp³-hybridized carbons (Fsp3) is 0.250. The van der Waals surface area contributed by atoms with Crippen LogP contribution in [0.3, 0.4) is 0 Å². The van der Waals surface area contributed by atoms with Gasteiger partial charge in [0.05, 0.1) is 29.8 Å². The predicted molar refractivity (Wildman–Crippen MR) is 93.0 cm³/mol. The summed E-state index contributed by atoms with van der Waals surface area (Å²) in [7, 11) is 3.65. The van der Waals surface area contributed by atoms with E-state index in [1.165, 1.54) is 27.6 Å². The number of aryl methyl sites for hydroxylation is 1. The van der Waals surface area contributed by atoms with Gasteiger partial charge in [-0.2, -0.15) is 5.10 Å². The van der Waals surface area contributed by atoms with Gasteiger partial charge >= 0.3 is 0 Å². The molecule has 0 N–H and O–H groups in total. The quantitative estimate of drug-likeness (QED) is 0.710. The molecule has 0 saturated heterocycles. The number of benzene rings is 1. The largest absolute Gasteiger partial charge is 0.376 e. The Morgan fingerprint density at radius 3 is 2.68 bits per heavy atom. The molecule has 0 aliphatic rings. The van der Waals surface area contributed by atoms with E-state index >= 15 is 0 Å². The maximum atomic E-state index is 14.2.